The molecule has 2 aromatic carbocycles. The van der Waals surface area contributed by atoms with Crippen molar-refractivity contribution in [2.75, 3.05) is 6.54 Å². The molecule has 0 spiro atoms. The molecule has 1 heterocycles. The van der Waals surface area contributed by atoms with Crippen LogP contribution >= 0.6 is 11.8 Å². The van der Waals surface area contributed by atoms with Gasteiger partial charge >= 0.3 is 0 Å². The van der Waals surface area contributed by atoms with Crippen molar-refractivity contribution in [3.63, 3.8) is 0 Å². The molecule has 1 unspecified atom stereocenters. The van der Waals surface area contributed by atoms with Crippen LogP contribution in [0.1, 0.15) is 22.3 Å². The number of β-lactam (4-membered cyclic amide) rings is 1. The van der Waals surface area contributed by atoms with Crippen LogP contribution < -0.4 is 0 Å². The Hall–Kier alpha value is -2.07. The average molecular weight is 311 g/mol. The standard InChI is InChI=1S/C18H17NO2S/c20-16(15-9-5-2-6-10-15)12-19-17(21)11-18(19)22-13-14-7-3-1-4-8-14/h1-10,18H,11-13H2. The van der Waals surface area contributed by atoms with E-state index in [9.17, 15) is 9.59 Å². The number of hydrogen-bond acceptors (Lipinski definition) is 3. The van der Waals surface area contributed by atoms with Crippen LogP contribution in [0.2, 0.25) is 0 Å². The van der Waals surface area contributed by atoms with Crippen molar-refractivity contribution in [3.8, 4) is 0 Å². The van der Waals surface area contributed by atoms with Gasteiger partial charge in [0.15, 0.2) is 5.78 Å². The Morgan fingerprint density at radius 2 is 1.68 bits per heavy atom. The lowest BCUT2D eigenvalue weighted by Gasteiger charge is -2.39. The number of thioether (sulfide) groups is 1. The predicted octanol–water partition coefficient (Wildman–Crippen LogP) is 3.36. The Balaban J connectivity index is 1.56. The topological polar surface area (TPSA) is 37.4 Å². The van der Waals surface area contributed by atoms with Crippen LogP contribution in [0.4, 0.5) is 0 Å². The van der Waals surface area contributed by atoms with Gasteiger partial charge in [0.25, 0.3) is 0 Å². The maximum Gasteiger partial charge on any atom is 0.226 e. The first kappa shape index (κ1) is 14.9. The third-order valence-electron chi connectivity index (χ3n) is 3.71. The van der Waals surface area contributed by atoms with Gasteiger partial charge in [0.05, 0.1) is 18.3 Å². The molecule has 1 aliphatic heterocycles. The molecule has 4 heteroatoms. The number of nitrogens with zero attached hydrogens (tertiary/aromatic N) is 1. The van der Waals surface area contributed by atoms with Gasteiger partial charge in [-0.3, -0.25) is 9.59 Å². The second-order valence-electron chi connectivity index (χ2n) is 5.27. The second-order valence-corrected chi connectivity index (χ2v) is 6.43. The van der Waals surface area contributed by atoms with E-state index in [0.29, 0.717) is 12.0 Å². The zero-order valence-corrected chi connectivity index (χ0v) is 13.0. The van der Waals surface area contributed by atoms with E-state index < -0.39 is 0 Å². The van der Waals surface area contributed by atoms with Crippen molar-refractivity contribution in [1.82, 2.24) is 4.90 Å². The number of amides is 1. The number of rotatable bonds is 6. The van der Waals surface area contributed by atoms with Crippen molar-refractivity contribution in [2.24, 2.45) is 0 Å². The Morgan fingerprint density at radius 3 is 2.32 bits per heavy atom. The molecule has 0 aliphatic carbocycles. The average Bonchev–Trinajstić information content (AvgIpc) is 2.58. The molecule has 2 aromatic rings. The normalized spacial score (nSPS) is 17.2. The maximum absolute atomic E-state index is 12.2. The molecule has 1 fully saturated rings. The smallest absolute Gasteiger partial charge is 0.226 e. The van der Waals surface area contributed by atoms with Crippen molar-refractivity contribution < 1.29 is 9.59 Å². The van der Waals surface area contributed by atoms with Crippen LogP contribution in [0.25, 0.3) is 0 Å². The fraction of sp³-hybridized carbons (Fsp3) is 0.222. The highest BCUT2D eigenvalue weighted by molar-refractivity contribution is 7.99. The predicted molar refractivity (Wildman–Crippen MR) is 88.6 cm³/mol. The molecule has 1 atom stereocenters. The van der Waals surface area contributed by atoms with E-state index in [-0.39, 0.29) is 23.6 Å². The number of Topliss-reactive ketones (excluding diaryl/α,β-unsaturated/α-hetero) is 1. The summed E-state index contributed by atoms with van der Waals surface area (Å²) in [5, 5.41) is 0.111. The fourth-order valence-electron chi connectivity index (χ4n) is 2.40. The third-order valence-corrected chi connectivity index (χ3v) is 5.02. The summed E-state index contributed by atoms with van der Waals surface area (Å²) in [5.74, 6) is 0.920. The third kappa shape index (κ3) is 3.39. The molecule has 3 rings (SSSR count). The highest BCUT2D eigenvalue weighted by Gasteiger charge is 2.37. The number of carbonyl (C=O) groups is 2. The van der Waals surface area contributed by atoms with Crippen LogP contribution in [-0.2, 0) is 10.5 Å². The molecule has 0 aromatic heterocycles. The minimum Gasteiger partial charge on any atom is -0.322 e. The number of benzene rings is 2. The lowest BCUT2D eigenvalue weighted by atomic mass is 10.1. The summed E-state index contributed by atoms with van der Waals surface area (Å²) in [6.45, 7) is 0.176. The summed E-state index contributed by atoms with van der Waals surface area (Å²) >= 11 is 1.72. The lowest BCUT2D eigenvalue weighted by molar-refractivity contribution is -0.140. The van der Waals surface area contributed by atoms with Gasteiger partial charge in [-0.2, -0.15) is 0 Å². The summed E-state index contributed by atoms with van der Waals surface area (Å²) in [6, 6.07) is 19.3. The van der Waals surface area contributed by atoms with E-state index >= 15 is 0 Å². The molecule has 0 N–H and O–H groups in total. The molecule has 1 saturated heterocycles. The molecule has 1 aliphatic rings. The highest BCUT2D eigenvalue weighted by Crippen LogP contribution is 2.31. The number of hydrogen-bond donors (Lipinski definition) is 0. The van der Waals surface area contributed by atoms with E-state index in [0.717, 1.165) is 5.75 Å². The molecule has 0 radical (unpaired) electrons. The van der Waals surface area contributed by atoms with Crippen molar-refractivity contribution >= 4 is 23.5 Å². The minimum absolute atomic E-state index is 0.000962. The zero-order valence-electron chi connectivity index (χ0n) is 12.1. The minimum atomic E-state index is -0.000962. The van der Waals surface area contributed by atoms with E-state index in [4.69, 9.17) is 0 Å². The molecule has 0 saturated carbocycles. The molecule has 1 amide bonds. The van der Waals surface area contributed by atoms with Gasteiger partial charge in [-0.25, -0.2) is 0 Å². The summed E-state index contributed by atoms with van der Waals surface area (Å²) in [6.07, 6.45) is 0.527. The first-order valence-corrected chi connectivity index (χ1v) is 8.32. The van der Waals surface area contributed by atoms with E-state index in [1.807, 2.05) is 36.4 Å². The van der Waals surface area contributed by atoms with Gasteiger partial charge in [-0.1, -0.05) is 60.7 Å². The highest BCUT2D eigenvalue weighted by atomic mass is 32.2. The molecule has 3 nitrogen and oxygen atoms in total. The van der Waals surface area contributed by atoms with Gasteiger partial charge in [-0.15, -0.1) is 11.8 Å². The largest absolute Gasteiger partial charge is 0.322 e. The Bertz CT molecular complexity index is 657. The Kier molecular flexibility index (Phi) is 4.59. The first-order chi connectivity index (χ1) is 10.7. The first-order valence-electron chi connectivity index (χ1n) is 7.27. The van der Waals surface area contributed by atoms with E-state index in [2.05, 4.69) is 12.1 Å². The molecule has 22 heavy (non-hydrogen) atoms. The number of likely N-dealkylation sites (tertiary alicyclic amines) is 1. The fourth-order valence-corrected chi connectivity index (χ4v) is 3.61. The van der Waals surface area contributed by atoms with E-state index in [1.165, 1.54) is 5.56 Å². The van der Waals surface area contributed by atoms with Crippen LogP contribution in [0, 0.1) is 0 Å². The zero-order chi connectivity index (χ0) is 15.4. The van der Waals surface area contributed by atoms with Crippen LogP contribution in [0.3, 0.4) is 0 Å². The van der Waals surface area contributed by atoms with Gasteiger partial charge < -0.3 is 4.90 Å². The van der Waals surface area contributed by atoms with Gasteiger partial charge in [0, 0.05) is 11.3 Å². The van der Waals surface area contributed by atoms with Crippen molar-refractivity contribution in [2.45, 2.75) is 17.5 Å². The summed E-state index contributed by atoms with van der Waals surface area (Å²) < 4.78 is 0. The van der Waals surface area contributed by atoms with Crippen LogP contribution in [0.5, 0.6) is 0 Å². The van der Waals surface area contributed by atoms with E-state index in [1.54, 1.807) is 28.8 Å². The summed E-state index contributed by atoms with van der Waals surface area (Å²) in [7, 11) is 0. The Morgan fingerprint density at radius 1 is 1.05 bits per heavy atom. The van der Waals surface area contributed by atoms with Crippen molar-refractivity contribution in [3.05, 3.63) is 71.8 Å². The van der Waals surface area contributed by atoms with Crippen LogP contribution in [-0.4, -0.2) is 28.5 Å². The monoisotopic (exact) mass is 311 g/mol. The van der Waals surface area contributed by atoms with Gasteiger partial charge in [0.2, 0.25) is 5.91 Å². The second kappa shape index (κ2) is 6.79. The Labute approximate surface area is 134 Å². The maximum atomic E-state index is 12.2. The molecule has 112 valence electrons. The summed E-state index contributed by atoms with van der Waals surface area (Å²) in [4.78, 5) is 25.7. The quantitative estimate of drug-likeness (QED) is 0.606. The molecule has 0 bridgehead atoms. The van der Waals surface area contributed by atoms with Crippen molar-refractivity contribution in [1.29, 1.82) is 0 Å². The molecular weight excluding hydrogens is 294 g/mol. The summed E-state index contributed by atoms with van der Waals surface area (Å²) in [5.41, 5.74) is 1.90. The SMILES string of the molecule is O=C(CN1C(=O)CC1SCc1ccccc1)c1ccccc1. The van der Waals surface area contributed by atoms with Gasteiger partial charge in [-0.05, 0) is 5.56 Å². The lowest BCUT2D eigenvalue weighted by Crippen LogP contribution is -2.52. The number of carbonyl (C=O) groups excluding carboxylic acids is 2. The van der Waals surface area contributed by atoms with Gasteiger partial charge in [0.1, 0.15) is 0 Å². The van der Waals surface area contributed by atoms with Crippen LogP contribution in [0.15, 0.2) is 60.7 Å². The number of ketones is 1. The molecular formula is C18H17NO2S.